The fourth-order valence-corrected chi connectivity index (χ4v) is 2.28. The van der Waals surface area contributed by atoms with E-state index in [0.29, 0.717) is 22.8 Å². The van der Waals surface area contributed by atoms with Crippen molar-refractivity contribution < 1.29 is 9.18 Å². The average Bonchev–Trinajstić information content (AvgIpc) is 2.41. The summed E-state index contributed by atoms with van der Waals surface area (Å²) in [5.41, 5.74) is 8.44. The third kappa shape index (κ3) is 3.52. The van der Waals surface area contributed by atoms with Gasteiger partial charge in [0, 0.05) is 28.4 Å². The molecule has 0 unspecified atom stereocenters. The Morgan fingerprint density at radius 1 is 1.29 bits per heavy atom. The van der Waals surface area contributed by atoms with Crippen LogP contribution in [0.15, 0.2) is 30.3 Å². The van der Waals surface area contributed by atoms with Crippen LogP contribution in [0.4, 0.5) is 10.1 Å². The fourth-order valence-electron chi connectivity index (χ4n) is 2.05. The van der Waals surface area contributed by atoms with Crippen LogP contribution in [0, 0.1) is 19.7 Å². The number of halogens is 2. The Hall–Kier alpha value is -2.07. The van der Waals surface area contributed by atoms with Crippen LogP contribution in [-0.4, -0.2) is 5.91 Å². The summed E-state index contributed by atoms with van der Waals surface area (Å²) in [6.07, 6.45) is 0. The van der Waals surface area contributed by atoms with Gasteiger partial charge in [0.2, 0.25) is 5.91 Å². The van der Waals surface area contributed by atoms with E-state index in [9.17, 15) is 9.18 Å². The van der Waals surface area contributed by atoms with Gasteiger partial charge in [0.1, 0.15) is 5.82 Å². The lowest BCUT2D eigenvalue weighted by Gasteiger charge is -2.13. The first kappa shape index (κ1) is 15.3. The number of carbonyl (C=O) groups is 1. The zero-order valence-corrected chi connectivity index (χ0v) is 12.6. The van der Waals surface area contributed by atoms with E-state index in [4.69, 9.17) is 17.3 Å². The van der Waals surface area contributed by atoms with E-state index in [1.165, 1.54) is 0 Å². The molecule has 2 aromatic carbocycles. The molecule has 0 aliphatic carbocycles. The number of nitrogens with one attached hydrogen (secondary N) is 1. The number of hydrogen-bond acceptors (Lipinski definition) is 2. The van der Waals surface area contributed by atoms with Gasteiger partial charge in [-0.05, 0) is 49.2 Å². The minimum Gasteiger partial charge on any atom is -0.381 e. The van der Waals surface area contributed by atoms with Crippen molar-refractivity contribution in [2.75, 3.05) is 5.32 Å². The molecule has 0 atom stereocenters. The van der Waals surface area contributed by atoms with E-state index in [1.54, 1.807) is 19.1 Å². The molecule has 2 aromatic rings. The van der Waals surface area contributed by atoms with Crippen LogP contribution in [0.1, 0.15) is 27.0 Å². The van der Waals surface area contributed by atoms with E-state index >= 15 is 0 Å². The Morgan fingerprint density at radius 2 is 2.00 bits per heavy atom. The predicted octanol–water partition coefficient (Wildman–Crippen LogP) is 3.81. The molecule has 3 N–H and O–H groups in total. The largest absolute Gasteiger partial charge is 0.381 e. The topological polar surface area (TPSA) is 55.1 Å². The molecule has 0 spiro atoms. The van der Waals surface area contributed by atoms with Crippen molar-refractivity contribution in [3.8, 4) is 0 Å². The highest BCUT2D eigenvalue weighted by atomic mass is 35.5. The van der Waals surface area contributed by atoms with Crippen LogP contribution in [0.25, 0.3) is 0 Å². The third-order valence-electron chi connectivity index (χ3n) is 3.40. The number of nitrogens with two attached hydrogens (primary N) is 1. The maximum atomic E-state index is 13.8. The highest BCUT2D eigenvalue weighted by Gasteiger charge is 2.10. The first-order valence-corrected chi connectivity index (χ1v) is 6.85. The van der Waals surface area contributed by atoms with Gasteiger partial charge in [-0.15, -0.1) is 0 Å². The number of rotatable bonds is 4. The van der Waals surface area contributed by atoms with Gasteiger partial charge in [-0.25, -0.2) is 4.39 Å². The summed E-state index contributed by atoms with van der Waals surface area (Å²) in [4.78, 5) is 11.2. The number of hydrogen-bond donors (Lipinski definition) is 2. The smallest absolute Gasteiger partial charge is 0.248 e. The standard InChI is InChI=1S/C16H16ClFN2O/c1-9-5-13(17)4-3-11(9)8-20-15-7-12(16(19)21)6-14(18)10(15)2/h3-7,20H,8H2,1-2H3,(H2,19,21). The number of carbonyl (C=O) groups excluding carboxylic acids is 1. The van der Waals surface area contributed by atoms with Crippen molar-refractivity contribution in [2.24, 2.45) is 5.73 Å². The minimum absolute atomic E-state index is 0.147. The van der Waals surface area contributed by atoms with E-state index in [0.717, 1.165) is 17.2 Å². The van der Waals surface area contributed by atoms with Gasteiger partial charge < -0.3 is 11.1 Å². The van der Waals surface area contributed by atoms with Gasteiger partial charge >= 0.3 is 0 Å². The monoisotopic (exact) mass is 306 g/mol. The molecular weight excluding hydrogens is 291 g/mol. The molecule has 0 saturated heterocycles. The number of primary amides is 1. The van der Waals surface area contributed by atoms with Crippen LogP contribution < -0.4 is 11.1 Å². The van der Waals surface area contributed by atoms with Crippen molar-refractivity contribution in [3.63, 3.8) is 0 Å². The first-order chi connectivity index (χ1) is 9.88. The molecule has 0 fully saturated rings. The maximum absolute atomic E-state index is 13.8. The summed E-state index contributed by atoms with van der Waals surface area (Å²) < 4.78 is 13.8. The van der Waals surface area contributed by atoms with Crippen LogP contribution in [0.2, 0.25) is 5.02 Å². The van der Waals surface area contributed by atoms with Gasteiger partial charge in [-0.2, -0.15) is 0 Å². The highest BCUT2D eigenvalue weighted by molar-refractivity contribution is 6.30. The Labute approximate surface area is 127 Å². The molecule has 0 heterocycles. The van der Waals surface area contributed by atoms with Crippen molar-refractivity contribution in [3.05, 3.63) is 63.4 Å². The van der Waals surface area contributed by atoms with E-state index in [1.807, 2.05) is 19.1 Å². The van der Waals surface area contributed by atoms with Gasteiger partial charge in [0.25, 0.3) is 0 Å². The Bertz CT molecular complexity index is 701. The Balaban J connectivity index is 2.25. The summed E-state index contributed by atoms with van der Waals surface area (Å²) in [5, 5.41) is 3.81. The number of aryl methyl sites for hydroxylation is 1. The molecule has 0 saturated carbocycles. The number of amides is 1. The molecular formula is C16H16ClFN2O. The SMILES string of the molecule is Cc1cc(Cl)ccc1CNc1cc(C(N)=O)cc(F)c1C. The van der Waals surface area contributed by atoms with E-state index in [2.05, 4.69) is 5.32 Å². The number of benzene rings is 2. The molecule has 21 heavy (non-hydrogen) atoms. The summed E-state index contributed by atoms with van der Waals surface area (Å²) in [6, 6.07) is 8.29. The van der Waals surface area contributed by atoms with Crippen molar-refractivity contribution in [1.82, 2.24) is 0 Å². The van der Waals surface area contributed by atoms with Crippen LogP contribution in [-0.2, 0) is 6.54 Å². The summed E-state index contributed by atoms with van der Waals surface area (Å²) in [6.45, 7) is 4.11. The minimum atomic E-state index is -0.653. The molecule has 1 amide bonds. The zero-order valence-electron chi connectivity index (χ0n) is 11.8. The second-order valence-corrected chi connectivity index (χ2v) is 5.36. The molecule has 0 radical (unpaired) electrons. The van der Waals surface area contributed by atoms with Crippen LogP contribution in [0.3, 0.4) is 0 Å². The van der Waals surface area contributed by atoms with Gasteiger partial charge in [0.15, 0.2) is 0 Å². The zero-order chi connectivity index (χ0) is 15.6. The van der Waals surface area contributed by atoms with Crippen LogP contribution >= 0.6 is 11.6 Å². The van der Waals surface area contributed by atoms with E-state index < -0.39 is 11.7 Å². The summed E-state index contributed by atoms with van der Waals surface area (Å²) >= 11 is 5.91. The predicted molar refractivity (Wildman–Crippen MR) is 83.2 cm³/mol. The van der Waals surface area contributed by atoms with Crippen molar-refractivity contribution in [1.29, 1.82) is 0 Å². The molecule has 2 rings (SSSR count). The third-order valence-corrected chi connectivity index (χ3v) is 3.64. The van der Waals surface area contributed by atoms with Gasteiger partial charge in [-0.1, -0.05) is 17.7 Å². The average molecular weight is 307 g/mol. The quantitative estimate of drug-likeness (QED) is 0.902. The van der Waals surface area contributed by atoms with Crippen LogP contribution in [0.5, 0.6) is 0 Å². The first-order valence-electron chi connectivity index (χ1n) is 6.47. The normalized spacial score (nSPS) is 10.5. The van der Waals surface area contributed by atoms with Gasteiger partial charge in [-0.3, -0.25) is 4.79 Å². The molecule has 0 aliphatic heterocycles. The number of anilines is 1. The second kappa shape index (κ2) is 6.14. The molecule has 0 bridgehead atoms. The molecule has 0 aliphatic rings. The Morgan fingerprint density at radius 3 is 2.62 bits per heavy atom. The lowest BCUT2D eigenvalue weighted by Crippen LogP contribution is -2.13. The van der Waals surface area contributed by atoms with Gasteiger partial charge in [0.05, 0.1) is 0 Å². The maximum Gasteiger partial charge on any atom is 0.248 e. The lowest BCUT2D eigenvalue weighted by atomic mass is 10.1. The highest BCUT2D eigenvalue weighted by Crippen LogP contribution is 2.22. The fraction of sp³-hybridized carbons (Fsp3) is 0.188. The van der Waals surface area contributed by atoms with Crippen molar-refractivity contribution in [2.45, 2.75) is 20.4 Å². The summed E-state index contributed by atoms with van der Waals surface area (Å²) in [7, 11) is 0. The van der Waals surface area contributed by atoms with Crippen molar-refractivity contribution >= 4 is 23.2 Å². The molecule has 3 nitrogen and oxygen atoms in total. The summed E-state index contributed by atoms with van der Waals surface area (Å²) in [5.74, 6) is -1.11. The molecule has 0 aromatic heterocycles. The molecule has 110 valence electrons. The lowest BCUT2D eigenvalue weighted by molar-refractivity contribution is 0.1000. The second-order valence-electron chi connectivity index (χ2n) is 4.92. The Kier molecular flexibility index (Phi) is 4.48. The van der Waals surface area contributed by atoms with E-state index in [-0.39, 0.29) is 5.56 Å². The molecule has 5 heteroatoms.